The Morgan fingerprint density at radius 3 is 2.53 bits per heavy atom. The van der Waals surface area contributed by atoms with Crippen LogP contribution in [0.15, 0.2) is 18.2 Å². The fourth-order valence-electron chi connectivity index (χ4n) is 2.45. The Bertz CT molecular complexity index is 436. The Morgan fingerprint density at radius 2 is 1.95 bits per heavy atom. The number of piperidine rings is 1. The smallest absolute Gasteiger partial charge is 0.310 e. The molecule has 2 unspecified atom stereocenters. The highest BCUT2D eigenvalue weighted by Gasteiger charge is 2.33. The van der Waals surface area contributed by atoms with Gasteiger partial charge in [0.1, 0.15) is 11.6 Å². The van der Waals surface area contributed by atoms with Crippen LogP contribution in [0.4, 0.5) is 8.78 Å². The van der Waals surface area contributed by atoms with Crippen LogP contribution >= 0.6 is 12.4 Å². The number of halogens is 3. The van der Waals surface area contributed by atoms with Gasteiger partial charge in [0.2, 0.25) is 0 Å². The largest absolute Gasteiger partial charge is 0.469 e. The summed E-state index contributed by atoms with van der Waals surface area (Å²) in [6, 6.07) is 3.40. The summed E-state index contributed by atoms with van der Waals surface area (Å²) in [5.41, 5.74) is 0.518. The van der Waals surface area contributed by atoms with E-state index in [0.717, 1.165) is 12.6 Å². The van der Waals surface area contributed by atoms with Crippen LogP contribution in [0.1, 0.15) is 17.9 Å². The van der Waals surface area contributed by atoms with Crippen LogP contribution in [-0.4, -0.2) is 26.2 Å². The first-order chi connectivity index (χ1) is 8.61. The number of rotatable bonds is 2. The second-order valence-corrected chi connectivity index (χ2v) is 4.43. The molecular weight excluding hydrogens is 276 g/mol. The fourth-order valence-corrected chi connectivity index (χ4v) is 2.45. The van der Waals surface area contributed by atoms with Crippen LogP contribution in [0.25, 0.3) is 0 Å². The molecule has 0 amide bonds. The van der Waals surface area contributed by atoms with Crippen molar-refractivity contribution in [3.63, 3.8) is 0 Å². The van der Waals surface area contributed by atoms with Crippen molar-refractivity contribution < 1.29 is 18.3 Å². The van der Waals surface area contributed by atoms with Gasteiger partial charge in [0.15, 0.2) is 0 Å². The minimum absolute atomic E-state index is 0. The van der Waals surface area contributed by atoms with Crippen molar-refractivity contribution in [2.75, 3.05) is 20.2 Å². The summed E-state index contributed by atoms with van der Waals surface area (Å²) in [5, 5.41) is 3.09. The van der Waals surface area contributed by atoms with Crippen LogP contribution in [0, 0.1) is 17.6 Å². The lowest BCUT2D eigenvalue weighted by molar-refractivity contribution is -0.146. The highest BCUT2D eigenvalue weighted by molar-refractivity contribution is 5.85. The van der Waals surface area contributed by atoms with Crippen LogP contribution in [-0.2, 0) is 9.53 Å². The Labute approximate surface area is 116 Å². The van der Waals surface area contributed by atoms with Gasteiger partial charge in [-0.1, -0.05) is 0 Å². The molecule has 19 heavy (non-hydrogen) atoms. The standard InChI is InChI=1S/C13H15F2NO2.ClH/c1-18-13(17)12-7-16-3-2-11(12)8-4-9(14)6-10(15)5-8;/h4-6,11-12,16H,2-3,7H2,1H3;1H. The highest BCUT2D eigenvalue weighted by atomic mass is 35.5. The maximum atomic E-state index is 13.2. The number of nitrogens with one attached hydrogen (secondary N) is 1. The topological polar surface area (TPSA) is 38.3 Å². The molecule has 1 saturated heterocycles. The molecular formula is C13H16ClF2NO2. The average Bonchev–Trinajstić information content (AvgIpc) is 2.36. The molecule has 1 aromatic carbocycles. The fraction of sp³-hybridized carbons (Fsp3) is 0.462. The lowest BCUT2D eigenvalue weighted by Gasteiger charge is -2.30. The second kappa shape index (κ2) is 6.82. The molecule has 1 aliphatic rings. The summed E-state index contributed by atoms with van der Waals surface area (Å²) in [6.07, 6.45) is 0.655. The van der Waals surface area contributed by atoms with Gasteiger partial charge in [0.25, 0.3) is 0 Å². The van der Waals surface area contributed by atoms with Crippen molar-refractivity contribution in [2.45, 2.75) is 12.3 Å². The first-order valence-electron chi connectivity index (χ1n) is 5.86. The van der Waals surface area contributed by atoms with Crippen LogP contribution in [0.2, 0.25) is 0 Å². The highest BCUT2D eigenvalue weighted by Crippen LogP contribution is 2.31. The van der Waals surface area contributed by atoms with E-state index in [4.69, 9.17) is 4.74 Å². The summed E-state index contributed by atoms with van der Waals surface area (Å²) in [7, 11) is 1.32. The number of carbonyl (C=O) groups excluding carboxylic acids is 1. The van der Waals surface area contributed by atoms with Gasteiger partial charge in [-0.05, 0) is 36.6 Å². The predicted octanol–water partition coefficient (Wildman–Crippen LogP) is 2.25. The number of benzene rings is 1. The van der Waals surface area contributed by atoms with Gasteiger partial charge in [-0.15, -0.1) is 12.4 Å². The summed E-state index contributed by atoms with van der Waals surface area (Å²) in [6.45, 7) is 1.19. The second-order valence-electron chi connectivity index (χ2n) is 4.43. The van der Waals surface area contributed by atoms with Crippen LogP contribution in [0.5, 0.6) is 0 Å². The molecule has 1 fully saturated rings. The van der Waals surface area contributed by atoms with Gasteiger partial charge in [-0.3, -0.25) is 4.79 Å². The van der Waals surface area contributed by atoms with E-state index in [1.165, 1.54) is 19.2 Å². The van der Waals surface area contributed by atoms with Gasteiger partial charge < -0.3 is 10.1 Å². The lowest BCUT2D eigenvalue weighted by atomic mass is 9.81. The Kier molecular flexibility index (Phi) is 5.69. The molecule has 1 aromatic rings. The third-order valence-corrected chi connectivity index (χ3v) is 3.30. The molecule has 2 rings (SSSR count). The SMILES string of the molecule is COC(=O)C1CNCCC1c1cc(F)cc(F)c1.Cl. The minimum atomic E-state index is -0.618. The van der Waals surface area contributed by atoms with E-state index in [-0.39, 0.29) is 24.3 Å². The maximum absolute atomic E-state index is 13.2. The maximum Gasteiger partial charge on any atom is 0.310 e. The number of ether oxygens (including phenoxy) is 1. The zero-order valence-corrected chi connectivity index (χ0v) is 11.3. The molecule has 0 saturated carbocycles. The Morgan fingerprint density at radius 1 is 1.32 bits per heavy atom. The van der Waals surface area contributed by atoms with Gasteiger partial charge >= 0.3 is 5.97 Å². The zero-order chi connectivity index (χ0) is 13.1. The molecule has 1 N–H and O–H groups in total. The third-order valence-electron chi connectivity index (χ3n) is 3.30. The Hall–Kier alpha value is -1.20. The molecule has 3 nitrogen and oxygen atoms in total. The van der Waals surface area contributed by atoms with Crippen molar-refractivity contribution >= 4 is 18.4 Å². The number of hydrogen-bond donors (Lipinski definition) is 1. The van der Waals surface area contributed by atoms with Crippen LogP contribution in [0.3, 0.4) is 0 Å². The van der Waals surface area contributed by atoms with Gasteiger partial charge in [-0.2, -0.15) is 0 Å². The van der Waals surface area contributed by atoms with E-state index in [9.17, 15) is 13.6 Å². The molecule has 0 radical (unpaired) electrons. The molecule has 0 aromatic heterocycles. The number of hydrogen-bond acceptors (Lipinski definition) is 3. The summed E-state index contributed by atoms with van der Waals surface area (Å²) >= 11 is 0. The molecule has 106 valence electrons. The van der Waals surface area contributed by atoms with E-state index in [1.54, 1.807) is 0 Å². The van der Waals surface area contributed by atoms with E-state index in [2.05, 4.69) is 5.32 Å². The van der Waals surface area contributed by atoms with E-state index >= 15 is 0 Å². The third kappa shape index (κ3) is 3.64. The molecule has 0 bridgehead atoms. The first-order valence-corrected chi connectivity index (χ1v) is 5.86. The average molecular weight is 292 g/mol. The summed E-state index contributed by atoms with van der Waals surface area (Å²) in [4.78, 5) is 11.7. The molecule has 1 heterocycles. The predicted molar refractivity (Wildman–Crippen MR) is 69.3 cm³/mol. The zero-order valence-electron chi connectivity index (χ0n) is 10.5. The van der Waals surface area contributed by atoms with Crippen molar-refractivity contribution in [3.05, 3.63) is 35.4 Å². The quantitative estimate of drug-likeness (QED) is 0.850. The van der Waals surface area contributed by atoms with Crippen molar-refractivity contribution in [1.29, 1.82) is 0 Å². The molecule has 0 aliphatic carbocycles. The van der Waals surface area contributed by atoms with Gasteiger partial charge in [-0.25, -0.2) is 8.78 Å². The molecule has 6 heteroatoms. The van der Waals surface area contributed by atoms with Crippen molar-refractivity contribution in [1.82, 2.24) is 5.32 Å². The van der Waals surface area contributed by atoms with E-state index in [1.807, 2.05) is 0 Å². The minimum Gasteiger partial charge on any atom is -0.469 e. The summed E-state index contributed by atoms with van der Waals surface area (Å²) < 4.78 is 31.2. The molecule has 1 aliphatic heterocycles. The monoisotopic (exact) mass is 291 g/mol. The summed E-state index contributed by atoms with van der Waals surface area (Å²) in [5.74, 6) is -2.19. The normalized spacial score (nSPS) is 22.5. The van der Waals surface area contributed by atoms with Crippen molar-refractivity contribution in [3.8, 4) is 0 Å². The van der Waals surface area contributed by atoms with Gasteiger partial charge in [0, 0.05) is 12.6 Å². The lowest BCUT2D eigenvalue weighted by Crippen LogP contribution is -2.40. The Balaban J connectivity index is 0.00000180. The molecule has 0 spiro atoms. The first kappa shape index (κ1) is 15.9. The number of carbonyl (C=O) groups is 1. The number of esters is 1. The van der Waals surface area contributed by atoms with Crippen molar-refractivity contribution in [2.24, 2.45) is 5.92 Å². The molecule has 2 atom stereocenters. The van der Waals surface area contributed by atoms with E-state index in [0.29, 0.717) is 18.5 Å². The van der Waals surface area contributed by atoms with E-state index < -0.39 is 17.6 Å². The number of methoxy groups -OCH3 is 1. The van der Waals surface area contributed by atoms with Gasteiger partial charge in [0.05, 0.1) is 13.0 Å². The van der Waals surface area contributed by atoms with Crippen LogP contribution < -0.4 is 5.32 Å².